The largest absolute Gasteiger partial charge is 0.468 e. The molecule has 0 radical (unpaired) electrons. The minimum atomic E-state index is -1.57. The molecule has 2 aromatic carbocycles. The lowest BCUT2D eigenvalue weighted by atomic mass is 9.98. The van der Waals surface area contributed by atoms with Crippen LogP contribution in [0.1, 0.15) is 251 Å². The Morgan fingerprint density at radius 2 is 0.972 bits per heavy atom. The SMILES string of the molecule is CCCCCCCCCCCCCCCCCCCCCCCCCCN[C@@H](CO[C@H]1O[C@H](COC(=S)Nc2cccc3ccccc23)[C@H](O)[C@H](O)[C@H]1O)[C@H](O)[C@H](O)CCCCCCCCCCCCCC. The molecule has 0 unspecified atom stereocenters. The number of unbranched alkanes of at least 4 members (excludes halogenated alkanes) is 34. The summed E-state index contributed by atoms with van der Waals surface area (Å²) in [6.45, 7) is 4.89. The zero-order chi connectivity index (χ0) is 51.7. The van der Waals surface area contributed by atoms with Crippen molar-refractivity contribution in [3.05, 3.63) is 42.5 Å². The number of thiocarbonyl (C=S) groups is 1. The summed E-state index contributed by atoms with van der Waals surface area (Å²) in [5.74, 6) is 0. The lowest BCUT2D eigenvalue weighted by Crippen LogP contribution is -2.60. The van der Waals surface area contributed by atoms with Crippen molar-refractivity contribution in [2.45, 2.75) is 300 Å². The molecule has 1 heterocycles. The van der Waals surface area contributed by atoms with Gasteiger partial charge < -0.3 is 50.4 Å². The molecular formula is C61H108N2O8S. The molecule has 416 valence electrons. The first-order valence-corrected chi connectivity index (χ1v) is 30.5. The van der Waals surface area contributed by atoms with Crippen LogP contribution in [0.25, 0.3) is 10.8 Å². The molecule has 1 aliphatic rings. The Hall–Kier alpha value is -1.93. The topological polar surface area (TPSA) is 153 Å². The van der Waals surface area contributed by atoms with Gasteiger partial charge in [-0.3, -0.25) is 0 Å². The van der Waals surface area contributed by atoms with Crippen LogP contribution < -0.4 is 10.6 Å². The molecule has 3 rings (SSSR count). The van der Waals surface area contributed by atoms with Gasteiger partial charge >= 0.3 is 0 Å². The van der Waals surface area contributed by atoms with Gasteiger partial charge in [-0.15, -0.1) is 0 Å². The predicted octanol–water partition coefficient (Wildman–Crippen LogP) is 14.5. The van der Waals surface area contributed by atoms with Crippen LogP contribution in [0.2, 0.25) is 0 Å². The summed E-state index contributed by atoms with van der Waals surface area (Å²) >= 11 is 5.47. The molecule has 0 amide bonds. The smallest absolute Gasteiger partial charge is 0.261 e. The quantitative estimate of drug-likeness (QED) is 0.0251. The van der Waals surface area contributed by atoms with Crippen molar-refractivity contribution in [1.29, 1.82) is 0 Å². The van der Waals surface area contributed by atoms with Gasteiger partial charge in [-0.2, -0.15) is 0 Å². The Bertz CT molecular complexity index is 1570. The van der Waals surface area contributed by atoms with Crippen LogP contribution in [-0.2, 0) is 14.2 Å². The lowest BCUT2D eigenvalue weighted by molar-refractivity contribution is -0.302. The normalized spacial score (nSPS) is 19.4. The van der Waals surface area contributed by atoms with Crippen LogP contribution in [0.5, 0.6) is 0 Å². The summed E-state index contributed by atoms with van der Waals surface area (Å²) in [5, 5.41) is 64.0. The molecule has 7 N–H and O–H groups in total. The maximum Gasteiger partial charge on any atom is 0.261 e. The maximum atomic E-state index is 11.5. The van der Waals surface area contributed by atoms with Gasteiger partial charge in [0.05, 0.1) is 24.9 Å². The van der Waals surface area contributed by atoms with Crippen LogP contribution in [0, 0.1) is 0 Å². The van der Waals surface area contributed by atoms with Gasteiger partial charge in [0.15, 0.2) is 6.29 Å². The molecule has 0 spiro atoms. The average Bonchev–Trinajstić information content (AvgIpc) is 3.39. The fraction of sp³-hybridized carbons (Fsp3) is 0.820. The molecule has 1 saturated heterocycles. The van der Waals surface area contributed by atoms with Crippen LogP contribution >= 0.6 is 12.2 Å². The Balaban J connectivity index is 1.34. The minimum Gasteiger partial charge on any atom is -0.468 e. The lowest BCUT2D eigenvalue weighted by Gasteiger charge is -2.40. The van der Waals surface area contributed by atoms with Gasteiger partial charge in [0, 0.05) is 11.1 Å². The molecule has 8 atom stereocenters. The number of hydrogen-bond acceptors (Lipinski definition) is 10. The summed E-state index contributed by atoms with van der Waals surface area (Å²) in [4.78, 5) is 0. The maximum absolute atomic E-state index is 11.5. The van der Waals surface area contributed by atoms with Gasteiger partial charge in [0.25, 0.3) is 5.17 Å². The molecule has 1 fully saturated rings. The second-order valence-electron chi connectivity index (χ2n) is 21.5. The van der Waals surface area contributed by atoms with Gasteiger partial charge in [-0.1, -0.05) is 275 Å². The van der Waals surface area contributed by atoms with Crippen molar-refractivity contribution in [2.24, 2.45) is 0 Å². The third-order valence-corrected chi connectivity index (χ3v) is 15.3. The number of anilines is 1. The van der Waals surface area contributed by atoms with Crippen LogP contribution in [-0.4, -0.2) is 99.4 Å². The van der Waals surface area contributed by atoms with Gasteiger partial charge in [0.2, 0.25) is 0 Å². The van der Waals surface area contributed by atoms with Crippen LogP contribution in [0.3, 0.4) is 0 Å². The third kappa shape index (κ3) is 29.4. The van der Waals surface area contributed by atoms with E-state index in [9.17, 15) is 25.5 Å². The van der Waals surface area contributed by atoms with Crippen LogP contribution in [0.4, 0.5) is 5.69 Å². The molecular weight excluding hydrogens is 921 g/mol. The van der Waals surface area contributed by atoms with E-state index in [1.165, 1.54) is 199 Å². The highest BCUT2D eigenvalue weighted by atomic mass is 32.1. The molecule has 0 aromatic heterocycles. The Kier molecular flexibility index (Phi) is 38.6. The number of aliphatic hydroxyl groups excluding tert-OH is 5. The molecule has 2 aromatic rings. The average molecular weight is 1030 g/mol. The van der Waals surface area contributed by atoms with Crippen molar-refractivity contribution < 1.29 is 39.7 Å². The van der Waals surface area contributed by atoms with E-state index in [-0.39, 0.29) is 18.4 Å². The highest BCUT2D eigenvalue weighted by Crippen LogP contribution is 2.26. The number of nitrogens with one attached hydrogen (secondary N) is 2. The van der Waals surface area contributed by atoms with E-state index < -0.39 is 49.0 Å². The van der Waals surface area contributed by atoms with E-state index >= 15 is 0 Å². The van der Waals surface area contributed by atoms with Crippen molar-refractivity contribution >= 4 is 33.9 Å². The summed E-state index contributed by atoms with van der Waals surface area (Å²) < 4.78 is 17.8. The van der Waals surface area contributed by atoms with Gasteiger partial charge in [0.1, 0.15) is 31.0 Å². The Morgan fingerprint density at radius 1 is 0.542 bits per heavy atom. The molecule has 0 aliphatic carbocycles. The van der Waals surface area contributed by atoms with E-state index in [2.05, 4.69) is 24.5 Å². The van der Waals surface area contributed by atoms with E-state index in [0.29, 0.717) is 13.0 Å². The number of ether oxygens (including phenoxy) is 3. The fourth-order valence-corrected chi connectivity index (χ4v) is 10.5. The summed E-state index contributed by atoms with van der Waals surface area (Å²) in [5.41, 5.74) is 0.768. The van der Waals surface area contributed by atoms with Gasteiger partial charge in [-0.05, 0) is 43.1 Å². The molecule has 1 aliphatic heterocycles. The molecule has 11 heteroatoms. The summed E-state index contributed by atoms with van der Waals surface area (Å²) in [7, 11) is 0. The molecule has 0 bridgehead atoms. The van der Waals surface area contributed by atoms with Crippen molar-refractivity contribution in [3.63, 3.8) is 0 Å². The van der Waals surface area contributed by atoms with Gasteiger partial charge in [-0.25, -0.2) is 0 Å². The second-order valence-corrected chi connectivity index (χ2v) is 21.9. The zero-order valence-corrected chi connectivity index (χ0v) is 46.6. The second kappa shape index (κ2) is 43.2. The number of rotatable bonds is 47. The highest BCUT2D eigenvalue weighted by molar-refractivity contribution is 7.80. The van der Waals surface area contributed by atoms with E-state index in [1.54, 1.807) is 0 Å². The fourth-order valence-electron chi connectivity index (χ4n) is 10.3. The van der Waals surface area contributed by atoms with E-state index in [1.807, 2.05) is 42.5 Å². The van der Waals surface area contributed by atoms with Crippen molar-refractivity contribution in [3.8, 4) is 0 Å². The van der Waals surface area contributed by atoms with E-state index in [4.69, 9.17) is 26.4 Å². The highest BCUT2D eigenvalue weighted by Gasteiger charge is 2.45. The van der Waals surface area contributed by atoms with Crippen molar-refractivity contribution in [2.75, 3.05) is 25.1 Å². The zero-order valence-electron chi connectivity index (χ0n) is 45.8. The Morgan fingerprint density at radius 3 is 1.46 bits per heavy atom. The predicted molar refractivity (Wildman–Crippen MR) is 305 cm³/mol. The first-order valence-electron chi connectivity index (χ1n) is 30.1. The third-order valence-electron chi connectivity index (χ3n) is 15.1. The monoisotopic (exact) mass is 1030 g/mol. The molecule has 0 saturated carbocycles. The standard InChI is InChI=1S/C61H108N2O8S/c1-3-5-7-9-11-13-15-17-18-19-20-21-22-23-24-25-26-27-28-30-32-34-36-40-47-62-53(56(65)54(64)46-37-35-33-31-29-16-14-12-10-8-6-4-2)48-69-60-59(68)58(67)57(66)55(71-60)49-70-61(72)63-52-45-41-43-50-42-38-39-44-51(50)52/h38-39,41-45,53-60,62,64-68H,3-37,40,46-49H2,1-2H3,(H,63,72)/t53-,54+,55+,56-,57-,58-,59+,60-/m0/s1. The minimum absolute atomic E-state index is 0.0653. The number of hydrogen-bond donors (Lipinski definition) is 7. The number of fused-ring (bicyclic) bond motifs is 1. The number of benzene rings is 2. The first-order chi connectivity index (χ1) is 35.3. The number of aliphatic hydroxyl groups is 5. The summed E-state index contributed by atoms with van der Waals surface area (Å²) in [6, 6.07) is 13.1. The van der Waals surface area contributed by atoms with E-state index in [0.717, 1.165) is 48.6 Å². The van der Waals surface area contributed by atoms with Crippen LogP contribution in [0.15, 0.2) is 42.5 Å². The molecule has 72 heavy (non-hydrogen) atoms. The van der Waals surface area contributed by atoms with Crippen molar-refractivity contribution in [1.82, 2.24) is 5.32 Å². The first kappa shape index (κ1) is 64.4. The summed E-state index contributed by atoms with van der Waals surface area (Å²) in [6.07, 6.45) is 38.5. The molecule has 10 nitrogen and oxygen atoms in total. The Labute approximate surface area is 444 Å².